The van der Waals surface area contributed by atoms with Crippen LogP contribution in [0.3, 0.4) is 0 Å². The average molecular weight is 361 g/mol. The Kier molecular flexibility index (Phi) is 4.03. The number of aromatic nitrogens is 2. The van der Waals surface area contributed by atoms with E-state index in [9.17, 15) is 13.2 Å². The van der Waals surface area contributed by atoms with Crippen molar-refractivity contribution in [2.75, 3.05) is 7.11 Å². The normalized spacial score (nSPS) is 11.7. The van der Waals surface area contributed by atoms with Gasteiger partial charge in [-0.3, -0.25) is 0 Å². The summed E-state index contributed by atoms with van der Waals surface area (Å²) in [6.07, 6.45) is -3.85. The monoisotopic (exact) mass is 360 g/mol. The van der Waals surface area contributed by atoms with E-state index in [-0.39, 0.29) is 16.1 Å². The molecule has 0 amide bonds. The van der Waals surface area contributed by atoms with E-state index in [0.717, 1.165) is 10.8 Å². The molecule has 0 bridgehead atoms. The predicted molar refractivity (Wildman–Crippen MR) is 80.5 cm³/mol. The lowest BCUT2D eigenvalue weighted by Gasteiger charge is -2.08. The highest BCUT2D eigenvalue weighted by atomic mass is 35.5. The lowest BCUT2D eigenvalue weighted by molar-refractivity contribution is -0.137. The van der Waals surface area contributed by atoms with Gasteiger partial charge in [0.25, 0.3) is 5.19 Å². The summed E-state index contributed by atoms with van der Waals surface area (Å²) in [7, 11) is 1.55. The molecule has 0 aliphatic rings. The summed E-state index contributed by atoms with van der Waals surface area (Å²) in [5.41, 5.74) is -0.266. The summed E-state index contributed by atoms with van der Waals surface area (Å²) in [5, 5.41) is -0.0147. The zero-order chi connectivity index (χ0) is 16.6. The van der Waals surface area contributed by atoms with Crippen molar-refractivity contribution in [3.8, 4) is 16.8 Å². The van der Waals surface area contributed by atoms with Gasteiger partial charge < -0.3 is 9.47 Å². The number of nitrogens with zero attached hydrogens (tertiary/aromatic N) is 2. The van der Waals surface area contributed by atoms with Crippen molar-refractivity contribution in [3.63, 3.8) is 0 Å². The Bertz CT molecular complexity index is 867. The van der Waals surface area contributed by atoms with Crippen LogP contribution in [-0.2, 0) is 6.18 Å². The fraction of sp³-hybridized carbons (Fsp3) is 0.143. The van der Waals surface area contributed by atoms with Crippen molar-refractivity contribution >= 4 is 33.2 Å². The Hall–Kier alpha value is -2.06. The molecular formula is C14H8ClF3N2O2S. The van der Waals surface area contributed by atoms with Crippen molar-refractivity contribution in [2.24, 2.45) is 0 Å². The number of benzene rings is 1. The van der Waals surface area contributed by atoms with E-state index in [0.29, 0.717) is 17.5 Å². The van der Waals surface area contributed by atoms with Crippen LogP contribution in [0.1, 0.15) is 5.56 Å². The van der Waals surface area contributed by atoms with E-state index in [4.69, 9.17) is 21.1 Å². The molecule has 4 nitrogen and oxygen atoms in total. The number of thiazole rings is 1. The molecule has 0 aliphatic carbocycles. The first-order chi connectivity index (χ1) is 10.9. The van der Waals surface area contributed by atoms with Gasteiger partial charge in [-0.25, -0.2) is 9.97 Å². The summed E-state index contributed by atoms with van der Waals surface area (Å²) in [4.78, 5) is 7.83. The van der Waals surface area contributed by atoms with Crippen molar-refractivity contribution in [3.05, 3.63) is 41.0 Å². The van der Waals surface area contributed by atoms with Crippen LogP contribution in [0.2, 0.25) is 5.02 Å². The lowest BCUT2D eigenvalue weighted by atomic mass is 10.3. The summed E-state index contributed by atoms with van der Waals surface area (Å²) in [5.74, 6) is 0.532. The quantitative estimate of drug-likeness (QED) is 0.646. The van der Waals surface area contributed by atoms with Gasteiger partial charge in [-0.15, -0.1) is 0 Å². The van der Waals surface area contributed by atoms with Gasteiger partial charge in [0, 0.05) is 6.20 Å². The predicted octanol–water partition coefficient (Wildman–Crippen LogP) is 5.16. The first-order valence-corrected chi connectivity index (χ1v) is 7.41. The topological polar surface area (TPSA) is 44.2 Å². The van der Waals surface area contributed by atoms with Crippen LogP contribution in [0, 0.1) is 0 Å². The molecule has 120 valence electrons. The smallest absolute Gasteiger partial charge is 0.417 e. The molecule has 0 radical (unpaired) electrons. The third-order valence-electron chi connectivity index (χ3n) is 2.89. The van der Waals surface area contributed by atoms with E-state index in [1.807, 2.05) is 0 Å². The highest BCUT2D eigenvalue weighted by Crippen LogP contribution is 2.37. The van der Waals surface area contributed by atoms with Crippen molar-refractivity contribution < 1.29 is 22.6 Å². The average Bonchev–Trinajstić information content (AvgIpc) is 2.89. The van der Waals surface area contributed by atoms with Crippen LogP contribution < -0.4 is 9.47 Å². The minimum Gasteiger partial charge on any atom is -0.497 e. The van der Waals surface area contributed by atoms with E-state index in [2.05, 4.69) is 9.97 Å². The molecule has 0 aliphatic heterocycles. The molecule has 0 unspecified atom stereocenters. The molecule has 3 rings (SSSR count). The maximum absolute atomic E-state index is 12.6. The second kappa shape index (κ2) is 5.86. The summed E-state index contributed by atoms with van der Waals surface area (Å²) in [6, 6.07) is 6.04. The van der Waals surface area contributed by atoms with Crippen molar-refractivity contribution in [1.29, 1.82) is 0 Å². The van der Waals surface area contributed by atoms with Gasteiger partial charge in [-0.2, -0.15) is 13.2 Å². The molecule has 9 heteroatoms. The number of halogens is 4. The number of rotatable bonds is 3. The molecule has 3 aromatic rings. The van der Waals surface area contributed by atoms with Gasteiger partial charge in [0.1, 0.15) is 10.8 Å². The Balaban J connectivity index is 1.90. The maximum Gasteiger partial charge on any atom is 0.417 e. The summed E-state index contributed by atoms with van der Waals surface area (Å²) in [6.45, 7) is 0. The largest absolute Gasteiger partial charge is 0.497 e. The standard InChI is InChI=1S/C14H8ClF3N2O2S/c1-21-8-2-3-10-11(5-8)23-13(20-10)22-12-9(15)4-7(6-19-12)14(16,17)18/h2-6H,1H3. The minimum atomic E-state index is -4.51. The van der Waals surface area contributed by atoms with E-state index in [1.165, 1.54) is 11.3 Å². The molecule has 0 saturated heterocycles. The van der Waals surface area contributed by atoms with Crippen molar-refractivity contribution in [2.45, 2.75) is 6.18 Å². The van der Waals surface area contributed by atoms with Crippen LogP contribution in [0.25, 0.3) is 10.2 Å². The maximum atomic E-state index is 12.6. The van der Waals surface area contributed by atoms with E-state index >= 15 is 0 Å². The zero-order valence-electron chi connectivity index (χ0n) is 11.5. The van der Waals surface area contributed by atoms with Gasteiger partial charge in [-0.1, -0.05) is 22.9 Å². The van der Waals surface area contributed by atoms with Gasteiger partial charge in [0.2, 0.25) is 5.88 Å². The highest BCUT2D eigenvalue weighted by molar-refractivity contribution is 7.20. The van der Waals surface area contributed by atoms with Gasteiger partial charge in [0.15, 0.2) is 0 Å². The number of fused-ring (bicyclic) bond motifs is 1. The van der Waals surface area contributed by atoms with Crippen LogP contribution in [0.15, 0.2) is 30.5 Å². The Morgan fingerprint density at radius 3 is 2.65 bits per heavy atom. The first-order valence-electron chi connectivity index (χ1n) is 6.22. The van der Waals surface area contributed by atoms with Crippen LogP contribution in [-0.4, -0.2) is 17.1 Å². The van der Waals surface area contributed by atoms with Crippen molar-refractivity contribution in [1.82, 2.24) is 9.97 Å². The number of pyridine rings is 1. The fourth-order valence-electron chi connectivity index (χ4n) is 1.79. The number of alkyl halides is 3. The van der Waals surface area contributed by atoms with Crippen LogP contribution in [0.4, 0.5) is 13.2 Å². The molecule has 23 heavy (non-hydrogen) atoms. The molecule has 0 fully saturated rings. The second-order valence-corrected chi connectivity index (χ2v) is 5.82. The third-order valence-corrected chi connectivity index (χ3v) is 4.06. The second-order valence-electron chi connectivity index (χ2n) is 4.42. The zero-order valence-corrected chi connectivity index (χ0v) is 13.1. The minimum absolute atomic E-state index is 0.134. The fourth-order valence-corrected chi connectivity index (χ4v) is 2.84. The Labute approximate surface area is 137 Å². The number of methoxy groups -OCH3 is 1. The SMILES string of the molecule is COc1ccc2nc(Oc3ncc(C(F)(F)F)cc3Cl)sc2c1. The number of hydrogen-bond donors (Lipinski definition) is 0. The molecular weight excluding hydrogens is 353 g/mol. The highest BCUT2D eigenvalue weighted by Gasteiger charge is 2.31. The van der Waals surface area contributed by atoms with Crippen LogP contribution >= 0.6 is 22.9 Å². The van der Waals surface area contributed by atoms with Crippen LogP contribution in [0.5, 0.6) is 16.8 Å². The van der Waals surface area contributed by atoms with Gasteiger partial charge >= 0.3 is 6.18 Å². The number of ether oxygens (including phenoxy) is 2. The molecule has 0 saturated carbocycles. The first kappa shape index (κ1) is 15.8. The molecule has 0 spiro atoms. The summed E-state index contributed by atoms with van der Waals surface area (Å²) < 4.78 is 49.0. The Morgan fingerprint density at radius 2 is 2.00 bits per heavy atom. The van der Waals surface area contributed by atoms with E-state index in [1.54, 1.807) is 25.3 Å². The number of hydrogen-bond acceptors (Lipinski definition) is 5. The molecule has 0 N–H and O–H groups in total. The third kappa shape index (κ3) is 3.32. The summed E-state index contributed by atoms with van der Waals surface area (Å²) >= 11 is 7.01. The lowest BCUT2D eigenvalue weighted by Crippen LogP contribution is -2.05. The Morgan fingerprint density at radius 1 is 1.22 bits per heavy atom. The molecule has 0 atom stereocenters. The van der Waals surface area contributed by atoms with Gasteiger partial charge in [-0.05, 0) is 24.3 Å². The molecule has 1 aromatic carbocycles. The molecule has 2 aromatic heterocycles. The molecule has 2 heterocycles. The van der Waals surface area contributed by atoms with Gasteiger partial charge in [0.05, 0.1) is 22.9 Å². The van der Waals surface area contributed by atoms with E-state index < -0.39 is 11.7 Å².